The quantitative estimate of drug-likeness (QED) is 0.463. The topological polar surface area (TPSA) is 26.0 Å². The Balaban J connectivity index is 0.000000460. The molecule has 2 aromatic carbocycles. The molecule has 0 heterocycles. The summed E-state index contributed by atoms with van der Waals surface area (Å²) in [7, 11) is 0. The second-order valence-electron chi connectivity index (χ2n) is 5.62. The number of nitrogen functional groups attached to an aromatic ring is 1. The maximum atomic E-state index is 6.21. The predicted octanol–water partition coefficient (Wildman–Crippen LogP) is 7.05. The highest BCUT2D eigenvalue weighted by molar-refractivity contribution is 5.83. The number of nitrogens with two attached hydrogens (primary N) is 1. The lowest BCUT2D eigenvalue weighted by Crippen LogP contribution is -1.93. The van der Waals surface area contributed by atoms with Crippen LogP contribution < -0.4 is 5.73 Å². The molecule has 2 aromatic rings. The van der Waals surface area contributed by atoms with E-state index in [1.54, 1.807) is 12.2 Å². The van der Waals surface area contributed by atoms with E-state index in [9.17, 15) is 0 Å². The second kappa shape index (κ2) is 11.7. The number of hydrogen-bond acceptors (Lipinski definition) is 1. The Kier molecular flexibility index (Phi) is 9.47. The van der Waals surface area contributed by atoms with E-state index >= 15 is 0 Å². The zero-order chi connectivity index (χ0) is 18.5. The van der Waals surface area contributed by atoms with Gasteiger partial charge in [0.2, 0.25) is 0 Å². The number of hydrogen-bond donors (Lipinski definition) is 1. The predicted molar refractivity (Wildman–Crippen MR) is 114 cm³/mol. The van der Waals surface area contributed by atoms with Crippen LogP contribution in [-0.2, 0) is 0 Å². The van der Waals surface area contributed by atoms with Gasteiger partial charge in [-0.1, -0.05) is 72.8 Å². The van der Waals surface area contributed by atoms with Gasteiger partial charge in [0, 0.05) is 11.3 Å². The van der Waals surface area contributed by atoms with E-state index in [1.807, 2.05) is 32.0 Å². The zero-order valence-electron chi connectivity index (χ0n) is 15.4. The minimum Gasteiger partial charge on any atom is -0.398 e. The van der Waals surface area contributed by atoms with Crippen LogP contribution in [0.15, 0.2) is 92.1 Å². The summed E-state index contributed by atoms with van der Waals surface area (Å²) in [5.74, 6) is 0. The molecule has 0 aromatic heterocycles. The highest BCUT2D eigenvalue weighted by atomic mass is 14.6. The minimum atomic E-state index is 0.837. The Hall–Kier alpha value is -2.80. The van der Waals surface area contributed by atoms with Crippen LogP contribution in [0.25, 0.3) is 16.7 Å². The monoisotopic (exact) mass is 331 g/mol. The van der Waals surface area contributed by atoms with Gasteiger partial charge in [0.1, 0.15) is 0 Å². The lowest BCUT2D eigenvalue weighted by Gasteiger charge is -2.11. The SMILES string of the molecule is C=CC.C=CC.Nc1cc(C2=CCCC=C2)ccc1-c1ccccc1. The molecule has 0 radical (unpaired) electrons. The van der Waals surface area contributed by atoms with Gasteiger partial charge in [0.05, 0.1) is 0 Å². The molecule has 0 fully saturated rings. The van der Waals surface area contributed by atoms with Crippen molar-refractivity contribution in [3.05, 3.63) is 97.6 Å². The van der Waals surface area contributed by atoms with Crippen LogP contribution in [0.3, 0.4) is 0 Å². The molecule has 0 spiro atoms. The van der Waals surface area contributed by atoms with Crippen molar-refractivity contribution in [3.8, 4) is 11.1 Å². The Morgan fingerprint density at radius 3 is 2.04 bits per heavy atom. The standard InChI is InChI=1S/C18H17N.2C3H6/c19-18-13-16(14-7-3-1-4-8-14)11-12-17(18)15-9-5-2-6-10-15;2*1-3-2/h2-3,5-13H,1,4,19H2;2*3H,1H2,2H3. The average molecular weight is 332 g/mol. The normalized spacial score (nSPS) is 11.8. The summed E-state index contributed by atoms with van der Waals surface area (Å²) in [6.45, 7) is 10.5. The third kappa shape index (κ3) is 6.68. The van der Waals surface area contributed by atoms with E-state index in [0.717, 1.165) is 24.1 Å². The molecular weight excluding hydrogens is 302 g/mol. The van der Waals surface area contributed by atoms with Gasteiger partial charge in [0.25, 0.3) is 0 Å². The van der Waals surface area contributed by atoms with Gasteiger partial charge in [-0.05, 0) is 49.5 Å². The average Bonchev–Trinajstić information content (AvgIpc) is 2.64. The van der Waals surface area contributed by atoms with E-state index in [1.165, 1.54) is 16.7 Å². The summed E-state index contributed by atoms with van der Waals surface area (Å²) in [5, 5.41) is 0. The highest BCUT2D eigenvalue weighted by Crippen LogP contribution is 2.30. The van der Waals surface area contributed by atoms with Gasteiger partial charge in [-0.2, -0.15) is 0 Å². The molecule has 0 saturated carbocycles. The molecule has 0 amide bonds. The molecule has 1 heteroatoms. The van der Waals surface area contributed by atoms with E-state index in [-0.39, 0.29) is 0 Å². The van der Waals surface area contributed by atoms with Crippen LogP contribution in [0, 0.1) is 0 Å². The molecule has 1 aliphatic rings. The van der Waals surface area contributed by atoms with Crippen LogP contribution in [0.2, 0.25) is 0 Å². The fourth-order valence-electron chi connectivity index (χ4n) is 2.45. The number of rotatable bonds is 2. The van der Waals surface area contributed by atoms with E-state index in [2.05, 4.69) is 61.7 Å². The van der Waals surface area contributed by atoms with Gasteiger partial charge in [-0.25, -0.2) is 0 Å². The lowest BCUT2D eigenvalue weighted by atomic mass is 9.96. The van der Waals surface area contributed by atoms with Gasteiger partial charge >= 0.3 is 0 Å². The summed E-state index contributed by atoms with van der Waals surface area (Å²) < 4.78 is 0. The van der Waals surface area contributed by atoms with E-state index in [0.29, 0.717) is 0 Å². The summed E-state index contributed by atoms with van der Waals surface area (Å²) in [5.41, 5.74) is 11.8. The summed E-state index contributed by atoms with van der Waals surface area (Å²) >= 11 is 0. The van der Waals surface area contributed by atoms with Gasteiger partial charge in [0.15, 0.2) is 0 Å². The molecule has 0 unspecified atom stereocenters. The molecule has 1 aliphatic carbocycles. The van der Waals surface area contributed by atoms with Crippen LogP contribution >= 0.6 is 0 Å². The molecule has 0 bridgehead atoms. The number of benzene rings is 2. The maximum absolute atomic E-state index is 6.21. The van der Waals surface area contributed by atoms with Gasteiger partial charge in [-0.3, -0.25) is 0 Å². The van der Waals surface area contributed by atoms with Crippen molar-refractivity contribution in [2.24, 2.45) is 0 Å². The van der Waals surface area contributed by atoms with Gasteiger partial charge in [-0.15, -0.1) is 13.2 Å². The first-order chi connectivity index (χ1) is 12.2. The first kappa shape index (κ1) is 20.2. The van der Waals surface area contributed by atoms with Gasteiger partial charge < -0.3 is 5.73 Å². The molecule has 3 rings (SSSR count). The van der Waals surface area contributed by atoms with Crippen LogP contribution in [0.5, 0.6) is 0 Å². The third-order valence-corrected chi connectivity index (χ3v) is 3.46. The summed E-state index contributed by atoms with van der Waals surface area (Å²) in [4.78, 5) is 0. The molecule has 25 heavy (non-hydrogen) atoms. The summed E-state index contributed by atoms with van der Waals surface area (Å²) in [6, 6.07) is 16.6. The Bertz CT molecular complexity index is 715. The largest absolute Gasteiger partial charge is 0.398 e. The maximum Gasteiger partial charge on any atom is 0.0399 e. The molecule has 0 aliphatic heterocycles. The van der Waals surface area contributed by atoms with Crippen molar-refractivity contribution >= 4 is 11.3 Å². The first-order valence-corrected chi connectivity index (χ1v) is 8.64. The van der Waals surface area contributed by atoms with Crippen LogP contribution in [-0.4, -0.2) is 0 Å². The van der Waals surface area contributed by atoms with E-state index < -0.39 is 0 Å². The van der Waals surface area contributed by atoms with Crippen molar-refractivity contribution in [2.45, 2.75) is 26.7 Å². The lowest BCUT2D eigenvalue weighted by molar-refractivity contribution is 1.04. The molecule has 0 atom stereocenters. The molecule has 130 valence electrons. The van der Waals surface area contributed by atoms with Crippen molar-refractivity contribution in [1.29, 1.82) is 0 Å². The summed E-state index contributed by atoms with van der Waals surface area (Å²) in [6.07, 6.45) is 12.4. The smallest absolute Gasteiger partial charge is 0.0399 e. The molecular formula is C24H29N. The fourth-order valence-corrected chi connectivity index (χ4v) is 2.45. The molecule has 2 N–H and O–H groups in total. The van der Waals surface area contributed by atoms with Crippen molar-refractivity contribution in [1.82, 2.24) is 0 Å². The Morgan fingerprint density at radius 1 is 0.880 bits per heavy atom. The van der Waals surface area contributed by atoms with E-state index in [4.69, 9.17) is 5.73 Å². The van der Waals surface area contributed by atoms with Crippen molar-refractivity contribution < 1.29 is 0 Å². The number of allylic oxidation sites excluding steroid dienone is 6. The fraction of sp³-hybridized carbons (Fsp3) is 0.167. The second-order valence-corrected chi connectivity index (χ2v) is 5.62. The van der Waals surface area contributed by atoms with Crippen molar-refractivity contribution in [2.75, 3.05) is 5.73 Å². The highest BCUT2D eigenvalue weighted by Gasteiger charge is 2.06. The van der Waals surface area contributed by atoms with Crippen molar-refractivity contribution in [3.63, 3.8) is 0 Å². The molecule has 0 saturated heterocycles. The number of anilines is 1. The Labute approximate surface area is 152 Å². The third-order valence-electron chi connectivity index (χ3n) is 3.46. The van der Waals surface area contributed by atoms with Crippen LogP contribution in [0.4, 0.5) is 5.69 Å². The minimum absolute atomic E-state index is 0.837. The first-order valence-electron chi connectivity index (χ1n) is 8.64. The van der Waals surface area contributed by atoms with Crippen LogP contribution in [0.1, 0.15) is 32.3 Å². The molecule has 1 nitrogen and oxygen atoms in total. The Morgan fingerprint density at radius 2 is 1.52 bits per heavy atom. The zero-order valence-corrected chi connectivity index (χ0v) is 15.4.